The Kier molecular flexibility index (Phi) is 9.53. The van der Waals surface area contributed by atoms with Crippen molar-refractivity contribution in [1.29, 1.82) is 0 Å². The minimum atomic E-state index is -3.13. The fraction of sp³-hybridized carbons (Fsp3) is 0.500. The highest BCUT2D eigenvalue weighted by Gasteiger charge is 2.16. The van der Waals surface area contributed by atoms with Crippen LogP contribution in [0.2, 0.25) is 5.02 Å². The number of rotatable bonds is 8. The van der Waals surface area contributed by atoms with Gasteiger partial charge in [0.15, 0.2) is 0 Å². The second-order valence-corrected chi connectivity index (χ2v) is 7.85. The predicted octanol–water partition coefficient (Wildman–Crippen LogP) is 1.41. The van der Waals surface area contributed by atoms with Gasteiger partial charge in [0.05, 0.1) is 18.3 Å². The van der Waals surface area contributed by atoms with Gasteiger partial charge in [0.2, 0.25) is 5.91 Å². The molecular weight excluding hydrogens is 363 g/mol. The number of amides is 1. The lowest BCUT2D eigenvalue weighted by molar-refractivity contribution is -0.122. The van der Waals surface area contributed by atoms with Crippen molar-refractivity contribution in [2.75, 3.05) is 18.6 Å². The van der Waals surface area contributed by atoms with Crippen LogP contribution in [0.15, 0.2) is 24.3 Å². The summed E-state index contributed by atoms with van der Waals surface area (Å²) < 4.78 is 27.7. The van der Waals surface area contributed by atoms with Crippen LogP contribution in [0.25, 0.3) is 0 Å². The van der Waals surface area contributed by atoms with Gasteiger partial charge in [0, 0.05) is 11.3 Å². The molecule has 0 aliphatic heterocycles. The standard InChI is InChI=1S/C14H21ClN2O4S.ClH/c1-10(21-12-5-3-4-11(15)8-12)9-17-14(18)13(16)6-7-22(2,19)20;/h3-5,8,10,13H,6-7,9,16H2,1-2H3,(H,17,18);1H. The molecule has 3 N–H and O–H groups in total. The molecule has 0 spiro atoms. The van der Waals surface area contributed by atoms with Gasteiger partial charge in [-0.2, -0.15) is 0 Å². The van der Waals surface area contributed by atoms with Crippen LogP contribution in [0.3, 0.4) is 0 Å². The lowest BCUT2D eigenvalue weighted by atomic mass is 10.2. The normalized spacial score (nSPS) is 13.6. The first-order valence-electron chi connectivity index (χ1n) is 6.80. The molecule has 0 saturated carbocycles. The molecule has 9 heteroatoms. The Morgan fingerprint density at radius 3 is 2.65 bits per heavy atom. The molecule has 23 heavy (non-hydrogen) atoms. The summed E-state index contributed by atoms with van der Waals surface area (Å²) in [5.74, 6) is 0.0942. The van der Waals surface area contributed by atoms with Crippen LogP contribution in [0.4, 0.5) is 0 Å². The summed E-state index contributed by atoms with van der Waals surface area (Å²) in [4.78, 5) is 11.8. The van der Waals surface area contributed by atoms with Crippen LogP contribution in [-0.4, -0.2) is 45.0 Å². The van der Waals surface area contributed by atoms with Crippen molar-refractivity contribution in [1.82, 2.24) is 5.32 Å². The zero-order valence-electron chi connectivity index (χ0n) is 13.0. The fourth-order valence-electron chi connectivity index (χ4n) is 1.66. The summed E-state index contributed by atoms with van der Waals surface area (Å²) in [7, 11) is -3.13. The third kappa shape index (κ3) is 9.65. The maximum atomic E-state index is 11.8. The van der Waals surface area contributed by atoms with Gasteiger partial charge in [0.25, 0.3) is 0 Å². The Bertz CT molecular complexity index is 611. The number of benzene rings is 1. The van der Waals surface area contributed by atoms with E-state index in [0.717, 1.165) is 6.26 Å². The van der Waals surface area contributed by atoms with Crippen molar-refractivity contribution in [3.63, 3.8) is 0 Å². The first-order valence-corrected chi connectivity index (χ1v) is 9.24. The number of halogens is 2. The lowest BCUT2D eigenvalue weighted by Gasteiger charge is -2.17. The van der Waals surface area contributed by atoms with E-state index >= 15 is 0 Å². The van der Waals surface area contributed by atoms with Gasteiger partial charge in [-0.25, -0.2) is 8.42 Å². The molecule has 0 saturated heterocycles. The lowest BCUT2D eigenvalue weighted by Crippen LogP contribution is -2.44. The van der Waals surface area contributed by atoms with Gasteiger partial charge in [0.1, 0.15) is 21.7 Å². The second kappa shape index (κ2) is 9.97. The molecule has 2 unspecified atom stereocenters. The van der Waals surface area contributed by atoms with E-state index in [9.17, 15) is 13.2 Å². The highest BCUT2D eigenvalue weighted by Crippen LogP contribution is 2.18. The van der Waals surface area contributed by atoms with E-state index in [2.05, 4.69) is 5.32 Å². The molecule has 2 atom stereocenters. The zero-order chi connectivity index (χ0) is 16.8. The van der Waals surface area contributed by atoms with Crippen LogP contribution >= 0.6 is 24.0 Å². The molecule has 132 valence electrons. The first-order chi connectivity index (χ1) is 10.2. The number of nitrogens with one attached hydrogen (secondary N) is 1. The number of hydrogen-bond acceptors (Lipinski definition) is 5. The van der Waals surface area contributed by atoms with Crippen molar-refractivity contribution in [3.8, 4) is 5.75 Å². The Hall–Kier alpha value is -1.02. The maximum absolute atomic E-state index is 11.8. The van der Waals surface area contributed by atoms with Crippen LogP contribution in [-0.2, 0) is 14.6 Å². The van der Waals surface area contributed by atoms with Gasteiger partial charge < -0.3 is 15.8 Å². The molecule has 1 aromatic rings. The summed E-state index contributed by atoms with van der Waals surface area (Å²) in [5.41, 5.74) is 5.65. The average molecular weight is 385 g/mol. The van der Waals surface area contributed by atoms with Crippen molar-refractivity contribution < 1.29 is 17.9 Å². The Balaban J connectivity index is 0.00000484. The minimum Gasteiger partial charge on any atom is -0.489 e. The van der Waals surface area contributed by atoms with Gasteiger partial charge in [-0.05, 0) is 31.5 Å². The molecule has 1 aromatic carbocycles. The molecule has 0 radical (unpaired) electrons. The number of carbonyl (C=O) groups excluding carboxylic acids is 1. The van der Waals surface area contributed by atoms with E-state index in [1.54, 1.807) is 31.2 Å². The first kappa shape index (κ1) is 22.0. The quantitative estimate of drug-likeness (QED) is 0.705. The highest BCUT2D eigenvalue weighted by molar-refractivity contribution is 7.90. The third-order valence-electron chi connectivity index (χ3n) is 2.83. The van der Waals surface area contributed by atoms with Crippen molar-refractivity contribution in [2.24, 2.45) is 5.73 Å². The largest absolute Gasteiger partial charge is 0.489 e. The summed E-state index contributed by atoms with van der Waals surface area (Å²) in [5, 5.41) is 3.20. The van der Waals surface area contributed by atoms with E-state index in [4.69, 9.17) is 22.1 Å². The minimum absolute atomic E-state index is 0. The highest BCUT2D eigenvalue weighted by atomic mass is 35.5. The van der Waals surface area contributed by atoms with Crippen molar-refractivity contribution in [2.45, 2.75) is 25.5 Å². The number of ether oxygens (including phenoxy) is 1. The number of carbonyl (C=O) groups is 1. The zero-order valence-corrected chi connectivity index (χ0v) is 15.4. The molecule has 0 heterocycles. The molecule has 1 amide bonds. The summed E-state index contributed by atoms with van der Waals surface area (Å²) in [6.45, 7) is 2.06. The van der Waals surface area contributed by atoms with E-state index in [0.29, 0.717) is 10.8 Å². The molecule has 1 rings (SSSR count). The topological polar surface area (TPSA) is 98.5 Å². The SMILES string of the molecule is CC(CNC(=O)C(N)CCS(C)(=O)=O)Oc1cccc(Cl)c1.Cl. The van der Waals surface area contributed by atoms with Gasteiger partial charge in [-0.15, -0.1) is 12.4 Å². The van der Waals surface area contributed by atoms with Crippen LogP contribution in [0.5, 0.6) is 5.75 Å². The van der Waals surface area contributed by atoms with E-state index < -0.39 is 21.8 Å². The molecule has 0 bridgehead atoms. The smallest absolute Gasteiger partial charge is 0.237 e. The van der Waals surface area contributed by atoms with Crippen LogP contribution < -0.4 is 15.8 Å². The van der Waals surface area contributed by atoms with Gasteiger partial charge in [-0.1, -0.05) is 17.7 Å². The van der Waals surface area contributed by atoms with Crippen LogP contribution in [0.1, 0.15) is 13.3 Å². The summed E-state index contributed by atoms with van der Waals surface area (Å²) in [6, 6.07) is 6.10. The van der Waals surface area contributed by atoms with E-state index in [1.807, 2.05) is 0 Å². The summed E-state index contributed by atoms with van der Waals surface area (Å²) in [6.07, 6.45) is 0.928. The molecule has 0 fully saturated rings. The number of hydrogen-bond donors (Lipinski definition) is 2. The van der Waals surface area contributed by atoms with Gasteiger partial charge >= 0.3 is 0 Å². The molecule has 0 aliphatic rings. The average Bonchev–Trinajstić information content (AvgIpc) is 2.41. The molecule has 0 aliphatic carbocycles. The predicted molar refractivity (Wildman–Crippen MR) is 94.1 cm³/mol. The number of sulfone groups is 1. The fourth-order valence-corrected chi connectivity index (χ4v) is 2.52. The second-order valence-electron chi connectivity index (χ2n) is 5.16. The Morgan fingerprint density at radius 2 is 2.09 bits per heavy atom. The maximum Gasteiger partial charge on any atom is 0.237 e. The Labute approximate surface area is 148 Å². The molecule has 6 nitrogen and oxygen atoms in total. The molecular formula is C14H22Cl2N2O4S. The van der Waals surface area contributed by atoms with E-state index in [1.165, 1.54) is 0 Å². The summed E-state index contributed by atoms with van der Waals surface area (Å²) >= 11 is 5.85. The monoisotopic (exact) mass is 384 g/mol. The van der Waals surface area contributed by atoms with E-state index in [-0.39, 0.29) is 37.2 Å². The third-order valence-corrected chi connectivity index (χ3v) is 4.05. The van der Waals surface area contributed by atoms with Crippen LogP contribution in [0, 0.1) is 0 Å². The Morgan fingerprint density at radius 1 is 1.43 bits per heavy atom. The molecule has 0 aromatic heterocycles. The van der Waals surface area contributed by atoms with Crippen molar-refractivity contribution in [3.05, 3.63) is 29.3 Å². The number of nitrogens with two attached hydrogens (primary N) is 1. The van der Waals surface area contributed by atoms with Crippen molar-refractivity contribution >= 4 is 39.8 Å². The van der Waals surface area contributed by atoms with Gasteiger partial charge in [-0.3, -0.25) is 4.79 Å².